The molecular weight excluding hydrogens is 810 g/mol. The van der Waals surface area contributed by atoms with Gasteiger partial charge in [0.1, 0.15) is 6.61 Å². The van der Waals surface area contributed by atoms with Crippen molar-refractivity contribution < 1.29 is 37.6 Å². The van der Waals surface area contributed by atoms with Crippen LogP contribution in [0.15, 0.2) is 60.8 Å². The molecule has 0 spiro atoms. The first kappa shape index (κ1) is 60.7. The fourth-order valence-corrected chi connectivity index (χ4v) is 7.90. The minimum Gasteiger partial charge on any atom is -0.462 e. The number of phosphoric ester groups is 1. The van der Waals surface area contributed by atoms with Crippen LogP contribution in [-0.4, -0.2) is 49.3 Å². The zero-order valence-electron chi connectivity index (χ0n) is 40.6. The number of carbonyl (C=O) groups is 2. The molecule has 0 aliphatic heterocycles. The Morgan fingerprint density at radius 3 is 1.30 bits per heavy atom. The molecule has 2 unspecified atom stereocenters. The normalized spacial score (nSPS) is 13.7. The third-order valence-corrected chi connectivity index (χ3v) is 11.9. The van der Waals surface area contributed by atoms with Crippen molar-refractivity contribution in [3.63, 3.8) is 0 Å². The lowest BCUT2D eigenvalue weighted by Gasteiger charge is -2.19. The Balaban J connectivity index is 4.08. The maximum atomic E-state index is 12.6. The highest BCUT2D eigenvalue weighted by molar-refractivity contribution is 7.47. The van der Waals surface area contributed by atoms with Gasteiger partial charge in [0.05, 0.1) is 13.2 Å². The largest absolute Gasteiger partial charge is 0.472 e. The third kappa shape index (κ3) is 49.0. The number of rotatable bonds is 48. The van der Waals surface area contributed by atoms with Gasteiger partial charge in [0.2, 0.25) is 0 Å². The summed E-state index contributed by atoms with van der Waals surface area (Å²) in [5.74, 6) is -0.844. The van der Waals surface area contributed by atoms with E-state index in [0.29, 0.717) is 6.42 Å². The predicted molar refractivity (Wildman–Crippen MR) is 266 cm³/mol. The van der Waals surface area contributed by atoms with Crippen molar-refractivity contribution in [2.24, 2.45) is 5.73 Å². The zero-order valence-corrected chi connectivity index (χ0v) is 41.4. The van der Waals surface area contributed by atoms with Gasteiger partial charge < -0.3 is 20.1 Å². The van der Waals surface area contributed by atoms with Gasteiger partial charge in [-0.15, -0.1) is 0 Å². The number of esters is 2. The summed E-state index contributed by atoms with van der Waals surface area (Å²) in [4.78, 5) is 35.1. The van der Waals surface area contributed by atoms with E-state index in [1.807, 2.05) is 0 Å². The molecule has 0 heterocycles. The summed E-state index contributed by atoms with van der Waals surface area (Å²) in [7, 11) is -4.39. The van der Waals surface area contributed by atoms with Gasteiger partial charge in [-0.25, -0.2) is 4.57 Å². The molecule has 0 rings (SSSR count). The minimum atomic E-state index is -4.39. The summed E-state index contributed by atoms with van der Waals surface area (Å²) >= 11 is 0. The molecular formula is C53H96NO8P. The van der Waals surface area contributed by atoms with Gasteiger partial charge in [-0.3, -0.25) is 18.6 Å². The van der Waals surface area contributed by atoms with Crippen molar-refractivity contribution in [3.8, 4) is 0 Å². The van der Waals surface area contributed by atoms with Crippen LogP contribution in [-0.2, 0) is 32.7 Å². The van der Waals surface area contributed by atoms with Crippen molar-refractivity contribution in [2.45, 2.75) is 238 Å². The first-order chi connectivity index (χ1) is 30.8. The summed E-state index contributed by atoms with van der Waals surface area (Å²) in [6.07, 6.45) is 59.7. The number of unbranched alkanes of at least 4 members (excludes halogenated alkanes) is 25. The van der Waals surface area contributed by atoms with Gasteiger partial charge in [0, 0.05) is 19.4 Å². The van der Waals surface area contributed by atoms with Crippen LogP contribution in [0.5, 0.6) is 0 Å². The van der Waals surface area contributed by atoms with Crippen molar-refractivity contribution in [3.05, 3.63) is 60.8 Å². The molecule has 0 saturated heterocycles. The van der Waals surface area contributed by atoms with E-state index < -0.39 is 26.5 Å². The van der Waals surface area contributed by atoms with Crippen molar-refractivity contribution in [1.82, 2.24) is 0 Å². The summed E-state index contributed by atoms with van der Waals surface area (Å²) < 4.78 is 32.9. The molecule has 0 aliphatic carbocycles. The molecule has 63 heavy (non-hydrogen) atoms. The number of allylic oxidation sites excluding steroid dienone is 10. The smallest absolute Gasteiger partial charge is 0.462 e. The Morgan fingerprint density at radius 1 is 0.492 bits per heavy atom. The quantitative estimate of drug-likeness (QED) is 0.0265. The predicted octanol–water partition coefficient (Wildman–Crippen LogP) is 15.6. The van der Waals surface area contributed by atoms with Crippen LogP contribution in [0.3, 0.4) is 0 Å². The molecule has 0 radical (unpaired) electrons. The molecule has 0 aromatic carbocycles. The highest BCUT2D eigenvalue weighted by Gasteiger charge is 2.26. The Labute approximate surface area is 387 Å². The number of hydrogen-bond donors (Lipinski definition) is 2. The monoisotopic (exact) mass is 906 g/mol. The number of ether oxygens (including phenoxy) is 2. The lowest BCUT2D eigenvalue weighted by Crippen LogP contribution is -2.29. The van der Waals surface area contributed by atoms with Gasteiger partial charge in [0.25, 0.3) is 0 Å². The van der Waals surface area contributed by atoms with Gasteiger partial charge in [-0.2, -0.15) is 0 Å². The van der Waals surface area contributed by atoms with E-state index >= 15 is 0 Å². The molecule has 0 amide bonds. The molecule has 0 aromatic rings. The van der Waals surface area contributed by atoms with Crippen LogP contribution in [0.2, 0.25) is 0 Å². The average Bonchev–Trinajstić information content (AvgIpc) is 3.27. The molecule has 0 aromatic heterocycles. The van der Waals surface area contributed by atoms with Crippen LogP contribution in [0, 0.1) is 0 Å². The number of nitrogens with two attached hydrogens (primary N) is 1. The van der Waals surface area contributed by atoms with E-state index in [1.54, 1.807) is 0 Å². The summed E-state index contributed by atoms with van der Waals surface area (Å²) in [6.45, 7) is 3.63. The highest BCUT2D eigenvalue weighted by Crippen LogP contribution is 2.43. The Hall–Kier alpha value is -2.29. The van der Waals surface area contributed by atoms with Gasteiger partial charge in [-0.1, -0.05) is 222 Å². The van der Waals surface area contributed by atoms with E-state index in [1.165, 1.54) is 116 Å². The molecule has 2 atom stereocenters. The molecule has 3 N–H and O–H groups in total. The lowest BCUT2D eigenvalue weighted by atomic mass is 10.0. The van der Waals surface area contributed by atoms with E-state index in [0.717, 1.165) is 83.5 Å². The van der Waals surface area contributed by atoms with Gasteiger partial charge in [0.15, 0.2) is 6.10 Å². The second-order valence-corrected chi connectivity index (χ2v) is 18.5. The van der Waals surface area contributed by atoms with Gasteiger partial charge >= 0.3 is 19.8 Å². The van der Waals surface area contributed by atoms with Crippen molar-refractivity contribution in [2.75, 3.05) is 26.4 Å². The van der Waals surface area contributed by atoms with Crippen LogP contribution >= 0.6 is 7.82 Å². The van der Waals surface area contributed by atoms with Crippen molar-refractivity contribution >= 4 is 19.8 Å². The van der Waals surface area contributed by atoms with Crippen LogP contribution < -0.4 is 5.73 Å². The van der Waals surface area contributed by atoms with E-state index in [2.05, 4.69) is 74.6 Å². The van der Waals surface area contributed by atoms with E-state index in [-0.39, 0.29) is 38.6 Å². The van der Waals surface area contributed by atoms with Gasteiger partial charge in [-0.05, 0) is 57.8 Å². The fraction of sp³-hybridized carbons (Fsp3) is 0.774. The van der Waals surface area contributed by atoms with E-state index in [9.17, 15) is 19.0 Å². The van der Waals surface area contributed by atoms with Crippen LogP contribution in [0.25, 0.3) is 0 Å². The molecule has 0 bridgehead atoms. The second-order valence-electron chi connectivity index (χ2n) is 17.0. The minimum absolute atomic E-state index is 0.0485. The first-order valence-corrected chi connectivity index (χ1v) is 27.3. The number of phosphoric acid groups is 1. The van der Waals surface area contributed by atoms with Crippen molar-refractivity contribution in [1.29, 1.82) is 0 Å². The number of hydrogen-bond acceptors (Lipinski definition) is 8. The highest BCUT2D eigenvalue weighted by atomic mass is 31.2. The average molecular weight is 906 g/mol. The molecule has 0 aliphatic rings. The maximum Gasteiger partial charge on any atom is 0.472 e. The summed E-state index contributed by atoms with van der Waals surface area (Å²) in [5, 5.41) is 0. The third-order valence-electron chi connectivity index (χ3n) is 10.9. The molecule has 10 heteroatoms. The van der Waals surface area contributed by atoms with Crippen LogP contribution in [0.4, 0.5) is 0 Å². The SMILES string of the molecule is CC/C=C\C/C=C\C/C=C\C/C=C\C/C=C\CCCCCCCC(=O)OC(COC(=O)CCCCCCCCCCCCCCCCCCCCCCC)COP(=O)(O)OCCN. The molecule has 0 fully saturated rings. The van der Waals surface area contributed by atoms with E-state index in [4.69, 9.17) is 24.3 Å². The zero-order chi connectivity index (χ0) is 46.0. The summed E-state index contributed by atoms with van der Waals surface area (Å²) in [5.41, 5.74) is 5.37. The lowest BCUT2D eigenvalue weighted by molar-refractivity contribution is -0.161. The fourth-order valence-electron chi connectivity index (χ4n) is 7.13. The van der Waals surface area contributed by atoms with Crippen LogP contribution in [0.1, 0.15) is 232 Å². The standard InChI is InChI=1S/C53H96NO8P/c1-3-5-7-9-11-13-15-17-19-21-23-25-27-29-31-33-35-37-39-41-43-45-52(55)59-49-51(50-61-63(57,58)60-48-47-54)62-53(56)46-44-42-40-38-36-34-32-30-28-26-24-22-20-18-16-14-12-10-8-6-4-2/h6,8,12,14,18,20,24,26,30,32,51H,3-5,7,9-11,13,15-17,19,21-23,25,27-29,31,33-50,54H2,1-2H3,(H,57,58)/b8-6-,14-12-,20-18-,26-24-,32-30-. The Bertz CT molecular complexity index is 1220. The molecule has 0 saturated carbocycles. The Morgan fingerprint density at radius 2 is 0.873 bits per heavy atom. The Kier molecular flexibility index (Phi) is 47.4. The molecule has 9 nitrogen and oxygen atoms in total. The number of carbonyl (C=O) groups excluding carboxylic acids is 2. The second kappa shape index (κ2) is 49.2. The summed E-state index contributed by atoms with van der Waals surface area (Å²) in [6, 6.07) is 0. The first-order valence-electron chi connectivity index (χ1n) is 25.8. The topological polar surface area (TPSA) is 134 Å². The maximum absolute atomic E-state index is 12.6. The molecule has 366 valence electrons.